The SMILES string of the molecule is Cc1cc(-c2cc(C(=O)NCC3CCCN3)c3c(C)noc3n2)c(C)s1.Cl. The number of rotatable bonds is 4. The van der Waals surface area contributed by atoms with E-state index in [1.807, 2.05) is 13.0 Å². The van der Waals surface area contributed by atoms with Crippen LogP contribution in [0.5, 0.6) is 0 Å². The maximum Gasteiger partial charge on any atom is 0.259 e. The van der Waals surface area contributed by atoms with Crippen LogP contribution in [0.15, 0.2) is 16.7 Å². The summed E-state index contributed by atoms with van der Waals surface area (Å²) in [4.78, 5) is 19.9. The van der Waals surface area contributed by atoms with Crippen LogP contribution in [0.1, 0.15) is 38.6 Å². The van der Waals surface area contributed by atoms with E-state index in [9.17, 15) is 4.79 Å². The van der Waals surface area contributed by atoms with Crippen molar-refractivity contribution in [3.05, 3.63) is 33.1 Å². The van der Waals surface area contributed by atoms with E-state index in [0.29, 0.717) is 34.9 Å². The van der Waals surface area contributed by atoms with E-state index in [1.54, 1.807) is 11.3 Å². The molecule has 1 unspecified atom stereocenters. The number of fused-ring (bicyclic) bond motifs is 1. The van der Waals surface area contributed by atoms with Crippen molar-refractivity contribution in [3.8, 4) is 11.3 Å². The van der Waals surface area contributed by atoms with Gasteiger partial charge in [-0.15, -0.1) is 23.7 Å². The van der Waals surface area contributed by atoms with Crippen molar-refractivity contribution < 1.29 is 9.32 Å². The van der Waals surface area contributed by atoms with Crippen molar-refractivity contribution in [3.63, 3.8) is 0 Å². The molecule has 0 aliphatic carbocycles. The summed E-state index contributed by atoms with van der Waals surface area (Å²) in [5.41, 5.74) is 3.45. The number of hydrogen-bond donors (Lipinski definition) is 2. The molecule has 144 valence electrons. The highest BCUT2D eigenvalue weighted by molar-refractivity contribution is 7.12. The molecule has 1 aliphatic heterocycles. The van der Waals surface area contributed by atoms with Crippen LogP contribution in [0.25, 0.3) is 22.4 Å². The van der Waals surface area contributed by atoms with E-state index < -0.39 is 0 Å². The van der Waals surface area contributed by atoms with E-state index in [4.69, 9.17) is 4.52 Å². The lowest BCUT2D eigenvalue weighted by Crippen LogP contribution is -2.37. The second-order valence-corrected chi connectivity index (χ2v) is 8.29. The Bertz CT molecular complexity index is 976. The summed E-state index contributed by atoms with van der Waals surface area (Å²) < 4.78 is 5.38. The van der Waals surface area contributed by atoms with Gasteiger partial charge in [0, 0.05) is 27.9 Å². The first-order chi connectivity index (χ1) is 12.5. The van der Waals surface area contributed by atoms with Crippen molar-refractivity contribution in [1.82, 2.24) is 20.8 Å². The highest BCUT2D eigenvalue weighted by atomic mass is 35.5. The summed E-state index contributed by atoms with van der Waals surface area (Å²) in [7, 11) is 0. The summed E-state index contributed by atoms with van der Waals surface area (Å²) >= 11 is 1.72. The lowest BCUT2D eigenvalue weighted by molar-refractivity contribution is 0.0952. The topological polar surface area (TPSA) is 80.0 Å². The molecule has 0 spiro atoms. The fourth-order valence-corrected chi connectivity index (χ4v) is 4.47. The predicted molar refractivity (Wildman–Crippen MR) is 110 cm³/mol. The molecule has 27 heavy (non-hydrogen) atoms. The quantitative estimate of drug-likeness (QED) is 0.689. The van der Waals surface area contributed by atoms with Gasteiger partial charge in [0.15, 0.2) is 0 Å². The van der Waals surface area contributed by atoms with Gasteiger partial charge in [0.05, 0.1) is 22.3 Å². The molecule has 0 radical (unpaired) electrons. The van der Waals surface area contributed by atoms with Gasteiger partial charge in [0.25, 0.3) is 11.6 Å². The second kappa shape index (κ2) is 7.96. The lowest BCUT2D eigenvalue weighted by atomic mass is 10.1. The molecule has 1 atom stereocenters. The van der Waals surface area contributed by atoms with E-state index >= 15 is 0 Å². The first-order valence-corrected chi connectivity index (χ1v) is 9.70. The van der Waals surface area contributed by atoms with Gasteiger partial charge in [-0.3, -0.25) is 4.79 Å². The Hall–Kier alpha value is -1.96. The summed E-state index contributed by atoms with van der Waals surface area (Å²) in [6.45, 7) is 7.61. The summed E-state index contributed by atoms with van der Waals surface area (Å²) in [6, 6.07) is 4.31. The van der Waals surface area contributed by atoms with Crippen molar-refractivity contribution in [2.45, 2.75) is 39.7 Å². The van der Waals surface area contributed by atoms with Crippen LogP contribution in [-0.4, -0.2) is 35.2 Å². The number of halogens is 1. The molecule has 3 aromatic rings. The number of nitrogens with zero attached hydrogens (tertiary/aromatic N) is 2. The van der Waals surface area contributed by atoms with E-state index in [0.717, 1.165) is 30.6 Å². The molecule has 0 aromatic carbocycles. The molecule has 0 bridgehead atoms. The van der Waals surface area contributed by atoms with Gasteiger partial charge in [-0.2, -0.15) is 0 Å². The molecular formula is C19H23ClN4O2S. The first kappa shape index (κ1) is 19.8. The normalized spacial score (nSPS) is 16.5. The maximum absolute atomic E-state index is 12.9. The fourth-order valence-electron chi connectivity index (χ4n) is 3.54. The van der Waals surface area contributed by atoms with Crippen LogP contribution in [-0.2, 0) is 0 Å². The number of carbonyl (C=O) groups excluding carboxylic acids is 1. The number of aryl methyl sites for hydroxylation is 3. The second-order valence-electron chi connectivity index (χ2n) is 6.83. The summed E-state index contributed by atoms with van der Waals surface area (Å²) in [5, 5.41) is 11.2. The predicted octanol–water partition coefficient (Wildman–Crippen LogP) is 3.78. The van der Waals surface area contributed by atoms with Gasteiger partial charge in [-0.05, 0) is 52.3 Å². The Labute approximate surface area is 168 Å². The minimum atomic E-state index is -0.108. The zero-order chi connectivity index (χ0) is 18.3. The number of amides is 1. The highest BCUT2D eigenvalue weighted by Gasteiger charge is 2.22. The molecule has 4 heterocycles. The largest absolute Gasteiger partial charge is 0.350 e. The van der Waals surface area contributed by atoms with Gasteiger partial charge in [-0.1, -0.05) is 5.16 Å². The monoisotopic (exact) mass is 406 g/mol. The lowest BCUT2D eigenvalue weighted by Gasteiger charge is -2.12. The van der Waals surface area contributed by atoms with Gasteiger partial charge < -0.3 is 15.2 Å². The molecule has 2 N–H and O–H groups in total. The third-order valence-electron chi connectivity index (χ3n) is 4.85. The van der Waals surface area contributed by atoms with Crippen molar-refractivity contribution in [1.29, 1.82) is 0 Å². The number of thiophene rings is 1. The fraction of sp³-hybridized carbons (Fsp3) is 0.421. The van der Waals surface area contributed by atoms with Gasteiger partial charge >= 0.3 is 0 Å². The zero-order valence-electron chi connectivity index (χ0n) is 15.6. The first-order valence-electron chi connectivity index (χ1n) is 8.89. The molecule has 3 aromatic heterocycles. The number of pyridine rings is 1. The Balaban J connectivity index is 0.00000210. The molecule has 0 saturated carbocycles. The van der Waals surface area contributed by atoms with Crippen molar-refractivity contribution in [2.24, 2.45) is 0 Å². The average Bonchev–Trinajstić information content (AvgIpc) is 3.33. The van der Waals surface area contributed by atoms with Crippen LogP contribution in [0.2, 0.25) is 0 Å². The molecule has 1 saturated heterocycles. The van der Waals surface area contributed by atoms with Crippen LogP contribution >= 0.6 is 23.7 Å². The number of aromatic nitrogens is 2. The van der Waals surface area contributed by atoms with Gasteiger partial charge in [0.1, 0.15) is 0 Å². The van der Waals surface area contributed by atoms with E-state index in [2.05, 4.69) is 40.7 Å². The third-order valence-corrected chi connectivity index (χ3v) is 5.82. The average molecular weight is 407 g/mol. The Kier molecular flexibility index (Phi) is 5.83. The molecule has 8 heteroatoms. The van der Waals surface area contributed by atoms with E-state index in [1.165, 1.54) is 9.75 Å². The van der Waals surface area contributed by atoms with Crippen molar-refractivity contribution >= 4 is 40.8 Å². The van der Waals surface area contributed by atoms with E-state index in [-0.39, 0.29) is 18.3 Å². The minimum absolute atomic E-state index is 0. The smallest absolute Gasteiger partial charge is 0.259 e. The van der Waals surface area contributed by atoms with Gasteiger partial charge in [-0.25, -0.2) is 4.98 Å². The standard InChI is InChI=1S/C19H22N4O2S.ClH/c1-10-7-14(12(3)26-10)16-8-15(17-11(2)23-25-19(17)22-16)18(24)21-9-13-5-4-6-20-13;/h7-8,13,20H,4-6,9H2,1-3H3,(H,21,24);1H. The molecule has 1 aliphatic rings. The number of hydrogen-bond acceptors (Lipinski definition) is 6. The summed E-state index contributed by atoms with van der Waals surface area (Å²) in [5.74, 6) is -0.108. The van der Waals surface area contributed by atoms with Crippen LogP contribution in [0.3, 0.4) is 0 Å². The molecule has 6 nitrogen and oxygen atoms in total. The Morgan fingerprint density at radius 2 is 2.19 bits per heavy atom. The molecule has 1 amide bonds. The summed E-state index contributed by atoms with van der Waals surface area (Å²) in [6.07, 6.45) is 2.25. The third kappa shape index (κ3) is 3.85. The van der Waals surface area contributed by atoms with Crippen LogP contribution in [0, 0.1) is 20.8 Å². The van der Waals surface area contributed by atoms with Crippen LogP contribution < -0.4 is 10.6 Å². The zero-order valence-corrected chi connectivity index (χ0v) is 17.2. The minimum Gasteiger partial charge on any atom is -0.350 e. The van der Waals surface area contributed by atoms with Crippen molar-refractivity contribution in [2.75, 3.05) is 13.1 Å². The Morgan fingerprint density at radius 1 is 1.37 bits per heavy atom. The molecular weight excluding hydrogens is 384 g/mol. The number of nitrogens with one attached hydrogen (secondary N) is 2. The van der Waals surface area contributed by atoms with Crippen LogP contribution in [0.4, 0.5) is 0 Å². The molecule has 1 fully saturated rings. The highest BCUT2D eigenvalue weighted by Crippen LogP contribution is 2.32. The van der Waals surface area contributed by atoms with Gasteiger partial charge in [0.2, 0.25) is 0 Å². The maximum atomic E-state index is 12.9. The molecule has 4 rings (SSSR count). The Morgan fingerprint density at radius 3 is 2.85 bits per heavy atom. The number of carbonyl (C=O) groups is 1.